The normalized spacial score (nSPS) is 28.6. The fraction of sp³-hybridized carbons (Fsp3) is 0.533. The van der Waals surface area contributed by atoms with E-state index in [4.69, 9.17) is 5.73 Å². The van der Waals surface area contributed by atoms with Crippen molar-refractivity contribution in [2.45, 2.75) is 18.9 Å². The third-order valence-electron chi connectivity index (χ3n) is 4.56. The number of nitrogens with zero attached hydrogens (tertiary/aromatic N) is 1. The molecule has 1 aliphatic heterocycles. The minimum atomic E-state index is -0.634. The van der Waals surface area contributed by atoms with E-state index in [1.54, 1.807) is 0 Å². The van der Waals surface area contributed by atoms with Crippen molar-refractivity contribution < 1.29 is 13.6 Å². The van der Waals surface area contributed by atoms with E-state index >= 15 is 0 Å². The zero-order valence-corrected chi connectivity index (χ0v) is 11.7. The van der Waals surface area contributed by atoms with Crippen molar-refractivity contribution in [3.05, 3.63) is 29.8 Å². The summed E-state index contributed by atoms with van der Waals surface area (Å²) in [5.41, 5.74) is 5.94. The van der Waals surface area contributed by atoms with Crippen LogP contribution in [0, 0.1) is 23.5 Å². The largest absolute Gasteiger partial charge is 0.327 e. The van der Waals surface area contributed by atoms with Crippen LogP contribution in [-0.2, 0) is 4.79 Å². The molecule has 3 rings (SSSR count). The van der Waals surface area contributed by atoms with Gasteiger partial charge >= 0.3 is 0 Å². The van der Waals surface area contributed by atoms with Gasteiger partial charge in [0.05, 0.1) is 12.2 Å². The maximum absolute atomic E-state index is 13.5. The average Bonchev–Trinajstić information content (AvgIpc) is 2.96. The standard InChI is InChI=1S/C15H19F2N3O/c16-10-2-3-12(17)14(5-10)19-15(21)8-20-6-9-1-4-13(18)11(9)7-20/h2-3,5,9,11,13H,1,4,6-8,18H2,(H,19,21). The number of benzene rings is 1. The van der Waals surface area contributed by atoms with Gasteiger partial charge in [0.1, 0.15) is 11.6 Å². The summed E-state index contributed by atoms with van der Waals surface area (Å²) in [4.78, 5) is 14.0. The van der Waals surface area contributed by atoms with Crippen LogP contribution in [0.1, 0.15) is 12.8 Å². The lowest BCUT2D eigenvalue weighted by Gasteiger charge is -2.18. The number of fused-ring (bicyclic) bond motifs is 1. The number of rotatable bonds is 3. The number of nitrogens with one attached hydrogen (secondary N) is 1. The lowest BCUT2D eigenvalue weighted by atomic mass is 9.98. The van der Waals surface area contributed by atoms with Gasteiger partial charge in [-0.25, -0.2) is 8.78 Å². The molecule has 3 N–H and O–H groups in total. The monoisotopic (exact) mass is 295 g/mol. The molecule has 1 saturated heterocycles. The summed E-state index contributed by atoms with van der Waals surface area (Å²) in [6.07, 6.45) is 2.17. The van der Waals surface area contributed by atoms with Gasteiger partial charge in [0, 0.05) is 25.2 Å². The molecule has 6 heteroatoms. The fourth-order valence-corrected chi connectivity index (χ4v) is 3.51. The Balaban J connectivity index is 1.57. The van der Waals surface area contributed by atoms with Crippen molar-refractivity contribution in [2.24, 2.45) is 17.6 Å². The summed E-state index contributed by atoms with van der Waals surface area (Å²) in [5, 5.41) is 2.43. The predicted molar refractivity (Wildman–Crippen MR) is 75.6 cm³/mol. The van der Waals surface area contributed by atoms with Crippen LogP contribution in [0.2, 0.25) is 0 Å². The Morgan fingerprint density at radius 3 is 2.90 bits per heavy atom. The van der Waals surface area contributed by atoms with Crippen LogP contribution >= 0.6 is 0 Å². The number of nitrogens with two attached hydrogens (primary N) is 1. The SMILES string of the molecule is NC1CCC2CN(CC(=O)Nc3cc(F)ccc3F)CC12. The topological polar surface area (TPSA) is 58.4 Å². The van der Waals surface area contributed by atoms with Gasteiger partial charge in [-0.15, -0.1) is 0 Å². The molecular formula is C15H19F2N3O. The smallest absolute Gasteiger partial charge is 0.238 e. The van der Waals surface area contributed by atoms with Gasteiger partial charge in [0.15, 0.2) is 0 Å². The molecule has 3 atom stereocenters. The number of hydrogen-bond donors (Lipinski definition) is 2. The highest BCUT2D eigenvalue weighted by Crippen LogP contribution is 2.36. The first kappa shape index (κ1) is 14.4. The fourth-order valence-electron chi connectivity index (χ4n) is 3.51. The molecule has 1 aliphatic carbocycles. The van der Waals surface area contributed by atoms with Crippen LogP contribution in [0.25, 0.3) is 0 Å². The number of anilines is 1. The number of carbonyl (C=O) groups is 1. The molecule has 3 unspecified atom stereocenters. The number of amides is 1. The number of hydrogen-bond acceptors (Lipinski definition) is 3. The molecule has 114 valence electrons. The summed E-state index contributed by atoms with van der Waals surface area (Å²) >= 11 is 0. The van der Waals surface area contributed by atoms with Crippen molar-refractivity contribution in [3.63, 3.8) is 0 Å². The summed E-state index contributed by atoms with van der Waals surface area (Å²) in [7, 11) is 0. The Morgan fingerprint density at radius 2 is 2.14 bits per heavy atom. The third kappa shape index (κ3) is 3.06. The first-order chi connectivity index (χ1) is 10.0. The summed E-state index contributed by atoms with van der Waals surface area (Å²) in [6, 6.07) is 3.24. The summed E-state index contributed by atoms with van der Waals surface area (Å²) in [6.45, 7) is 1.86. The van der Waals surface area contributed by atoms with Crippen LogP contribution in [0.15, 0.2) is 18.2 Å². The maximum Gasteiger partial charge on any atom is 0.238 e. The van der Waals surface area contributed by atoms with Crippen LogP contribution in [-0.4, -0.2) is 36.5 Å². The second-order valence-corrected chi connectivity index (χ2v) is 6.03. The van der Waals surface area contributed by atoms with Crippen LogP contribution < -0.4 is 11.1 Å². The minimum Gasteiger partial charge on any atom is -0.327 e. The van der Waals surface area contributed by atoms with Crippen molar-refractivity contribution in [1.29, 1.82) is 0 Å². The van der Waals surface area contributed by atoms with Gasteiger partial charge in [-0.3, -0.25) is 9.69 Å². The second-order valence-electron chi connectivity index (χ2n) is 6.03. The zero-order chi connectivity index (χ0) is 15.0. The molecule has 0 aromatic heterocycles. The molecule has 0 spiro atoms. The Labute approximate surface area is 122 Å². The van der Waals surface area contributed by atoms with Gasteiger partial charge in [-0.1, -0.05) is 0 Å². The van der Waals surface area contributed by atoms with Gasteiger partial charge < -0.3 is 11.1 Å². The minimum absolute atomic E-state index is 0.115. The Hall–Kier alpha value is -1.53. The van der Waals surface area contributed by atoms with E-state index in [9.17, 15) is 13.6 Å². The van der Waals surface area contributed by atoms with E-state index in [-0.39, 0.29) is 24.2 Å². The Morgan fingerprint density at radius 1 is 1.33 bits per heavy atom. The van der Waals surface area contributed by atoms with Crippen molar-refractivity contribution in [1.82, 2.24) is 4.90 Å². The highest BCUT2D eigenvalue weighted by molar-refractivity contribution is 5.92. The Kier molecular flexibility index (Phi) is 3.91. The van der Waals surface area contributed by atoms with Crippen molar-refractivity contribution in [2.75, 3.05) is 25.0 Å². The molecule has 0 bridgehead atoms. The molecule has 1 aromatic carbocycles. The highest BCUT2D eigenvalue weighted by atomic mass is 19.1. The average molecular weight is 295 g/mol. The first-order valence-electron chi connectivity index (χ1n) is 7.26. The molecule has 1 amide bonds. The molecule has 2 fully saturated rings. The van der Waals surface area contributed by atoms with Crippen LogP contribution in [0.5, 0.6) is 0 Å². The van der Waals surface area contributed by atoms with E-state index in [1.165, 1.54) is 0 Å². The molecule has 1 aromatic rings. The first-order valence-corrected chi connectivity index (χ1v) is 7.26. The molecule has 2 aliphatic rings. The lowest BCUT2D eigenvalue weighted by molar-refractivity contribution is -0.117. The predicted octanol–water partition coefficient (Wildman–Crippen LogP) is 1.57. The molecule has 1 heterocycles. The Bertz CT molecular complexity index is 552. The number of halogens is 2. The second kappa shape index (κ2) is 5.69. The van der Waals surface area contributed by atoms with E-state index in [0.717, 1.165) is 44.1 Å². The molecule has 21 heavy (non-hydrogen) atoms. The highest BCUT2D eigenvalue weighted by Gasteiger charge is 2.41. The maximum atomic E-state index is 13.5. The number of carbonyl (C=O) groups excluding carboxylic acids is 1. The van der Waals surface area contributed by atoms with Crippen molar-refractivity contribution in [3.8, 4) is 0 Å². The van der Waals surface area contributed by atoms with Crippen LogP contribution in [0.3, 0.4) is 0 Å². The van der Waals surface area contributed by atoms with E-state index in [2.05, 4.69) is 5.32 Å². The molecular weight excluding hydrogens is 276 g/mol. The quantitative estimate of drug-likeness (QED) is 0.890. The third-order valence-corrected chi connectivity index (χ3v) is 4.56. The number of likely N-dealkylation sites (tertiary alicyclic amines) is 1. The molecule has 4 nitrogen and oxygen atoms in total. The van der Waals surface area contributed by atoms with E-state index in [1.807, 2.05) is 4.90 Å². The molecule has 0 radical (unpaired) electrons. The van der Waals surface area contributed by atoms with Crippen LogP contribution in [0.4, 0.5) is 14.5 Å². The van der Waals surface area contributed by atoms with E-state index < -0.39 is 11.6 Å². The van der Waals surface area contributed by atoms with Gasteiger partial charge in [-0.05, 0) is 36.8 Å². The van der Waals surface area contributed by atoms with E-state index in [0.29, 0.717) is 11.8 Å². The summed E-state index contributed by atoms with van der Waals surface area (Å²) < 4.78 is 26.5. The lowest BCUT2D eigenvalue weighted by Crippen LogP contribution is -2.34. The van der Waals surface area contributed by atoms with Crippen molar-refractivity contribution >= 4 is 11.6 Å². The molecule has 1 saturated carbocycles. The van der Waals surface area contributed by atoms with Gasteiger partial charge in [0.25, 0.3) is 0 Å². The summed E-state index contributed by atoms with van der Waals surface area (Å²) in [5.74, 6) is -0.506. The zero-order valence-electron chi connectivity index (χ0n) is 11.7. The van der Waals surface area contributed by atoms with Gasteiger partial charge in [0.2, 0.25) is 5.91 Å². The van der Waals surface area contributed by atoms with Gasteiger partial charge in [-0.2, -0.15) is 0 Å².